The van der Waals surface area contributed by atoms with Crippen molar-refractivity contribution in [3.05, 3.63) is 81.8 Å². The smallest absolute Gasteiger partial charge is 0.262 e. The predicted octanol–water partition coefficient (Wildman–Crippen LogP) is 5.27. The molecule has 0 radical (unpaired) electrons. The van der Waals surface area contributed by atoms with Crippen molar-refractivity contribution in [1.29, 1.82) is 0 Å². The van der Waals surface area contributed by atoms with E-state index in [0.717, 1.165) is 23.2 Å². The Labute approximate surface area is 214 Å². The van der Waals surface area contributed by atoms with Gasteiger partial charge in [-0.3, -0.25) is 14.3 Å². The zero-order valence-corrected chi connectivity index (χ0v) is 21.3. The lowest BCUT2D eigenvalue weighted by Gasteiger charge is -2.21. The molecule has 3 aromatic carbocycles. The Bertz CT molecular complexity index is 1430. The van der Waals surface area contributed by atoms with Gasteiger partial charge in [-0.2, -0.15) is 0 Å². The van der Waals surface area contributed by atoms with E-state index in [4.69, 9.17) is 23.2 Å². The van der Waals surface area contributed by atoms with Gasteiger partial charge in [-0.25, -0.2) is 8.42 Å². The van der Waals surface area contributed by atoms with Gasteiger partial charge in [-0.1, -0.05) is 47.5 Å². The highest BCUT2D eigenvalue weighted by Gasteiger charge is 2.31. The maximum absolute atomic E-state index is 13.0. The molecule has 0 aromatic heterocycles. The zero-order valence-electron chi connectivity index (χ0n) is 19.0. The summed E-state index contributed by atoms with van der Waals surface area (Å²) in [7, 11) is -4.03. The Hall–Kier alpha value is -3.07. The summed E-state index contributed by atoms with van der Waals surface area (Å²) >= 11 is 12.4. The first-order valence-corrected chi connectivity index (χ1v) is 13.1. The summed E-state index contributed by atoms with van der Waals surface area (Å²) in [5.41, 5.74) is 2.99. The van der Waals surface area contributed by atoms with Crippen LogP contribution in [-0.2, 0) is 26.0 Å². The molecule has 0 fully saturated rings. The number of nitrogens with one attached hydrogen (secondary N) is 2. The van der Waals surface area contributed by atoms with Crippen LogP contribution in [0.3, 0.4) is 0 Å². The quantitative estimate of drug-likeness (QED) is 0.423. The fraction of sp³-hybridized carbons (Fsp3) is 0.200. The maximum Gasteiger partial charge on any atom is 0.262 e. The van der Waals surface area contributed by atoms with Crippen molar-refractivity contribution < 1.29 is 18.0 Å². The number of aryl methyl sites for hydroxylation is 1. The molecule has 4 rings (SSSR count). The topological polar surface area (TPSA) is 95.6 Å². The maximum atomic E-state index is 13.0. The van der Waals surface area contributed by atoms with Crippen LogP contribution in [0.15, 0.2) is 65.6 Å². The van der Waals surface area contributed by atoms with E-state index < -0.39 is 21.8 Å². The number of para-hydroxylation sites is 1. The summed E-state index contributed by atoms with van der Waals surface area (Å²) < 4.78 is 28.4. The number of carbonyl (C=O) groups excluding carboxylic acids is 2. The molecule has 0 aliphatic carbocycles. The molecule has 182 valence electrons. The number of fused-ring (bicyclic) bond motifs is 1. The zero-order chi connectivity index (χ0) is 25.3. The second-order valence-corrected chi connectivity index (χ2v) is 10.8. The summed E-state index contributed by atoms with van der Waals surface area (Å²) in [5, 5.41) is 2.98. The van der Waals surface area contributed by atoms with Crippen molar-refractivity contribution in [2.45, 2.75) is 25.2 Å². The molecule has 2 N–H and O–H groups in total. The van der Waals surface area contributed by atoms with E-state index >= 15 is 0 Å². The van der Waals surface area contributed by atoms with Crippen LogP contribution in [0.1, 0.15) is 18.1 Å². The number of anilines is 3. The van der Waals surface area contributed by atoms with Gasteiger partial charge in [0.1, 0.15) is 5.92 Å². The van der Waals surface area contributed by atoms with Gasteiger partial charge in [-0.15, -0.1) is 0 Å². The fourth-order valence-electron chi connectivity index (χ4n) is 3.84. The Morgan fingerprint density at radius 1 is 0.971 bits per heavy atom. The number of rotatable bonds is 6. The highest BCUT2D eigenvalue weighted by atomic mass is 35.5. The highest BCUT2D eigenvalue weighted by Crippen LogP contribution is 2.31. The molecule has 7 nitrogen and oxygen atoms in total. The van der Waals surface area contributed by atoms with Gasteiger partial charge in [0, 0.05) is 12.2 Å². The summed E-state index contributed by atoms with van der Waals surface area (Å²) in [6.45, 7) is 3.82. The summed E-state index contributed by atoms with van der Waals surface area (Å²) in [4.78, 5) is 27.4. The molecular weight excluding hydrogens is 509 g/mol. The van der Waals surface area contributed by atoms with Crippen LogP contribution in [0.25, 0.3) is 0 Å². The molecule has 3 aromatic rings. The van der Waals surface area contributed by atoms with Crippen molar-refractivity contribution in [2.24, 2.45) is 5.92 Å². The minimum atomic E-state index is -4.03. The molecule has 1 aliphatic rings. The van der Waals surface area contributed by atoms with Crippen molar-refractivity contribution >= 4 is 62.1 Å². The molecule has 35 heavy (non-hydrogen) atoms. The van der Waals surface area contributed by atoms with Crippen molar-refractivity contribution in [2.75, 3.05) is 21.5 Å². The van der Waals surface area contributed by atoms with Crippen LogP contribution in [0, 0.1) is 12.8 Å². The minimum Gasteiger partial charge on any atom is -0.324 e. The molecule has 0 saturated heterocycles. The van der Waals surface area contributed by atoms with E-state index in [1.54, 1.807) is 23.1 Å². The van der Waals surface area contributed by atoms with Gasteiger partial charge in [0.05, 0.1) is 26.3 Å². The molecular formula is C25H23Cl2N3O4S. The average Bonchev–Trinajstić information content (AvgIpc) is 3.25. The van der Waals surface area contributed by atoms with Crippen LogP contribution in [0.5, 0.6) is 0 Å². The first kappa shape index (κ1) is 25.0. The van der Waals surface area contributed by atoms with Crippen LogP contribution < -0.4 is 14.9 Å². The van der Waals surface area contributed by atoms with Gasteiger partial charge in [0.15, 0.2) is 0 Å². The van der Waals surface area contributed by atoms with Crippen molar-refractivity contribution in [3.63, 3.8) is 0 Å². The van der Waals surface area contributed by atoms with E-state index in [2.05, 4.69) is 10.0 Å². The third kappa shape index (κ3) is 5.29. The molecule has 1 atom stereocenters. The Kier molecular flexibility index (Phi) is 7.07. The number of carbonyl (C=O) groups is 2. The molecule has 0 bridgehead atoms. The van der Waals surface area contributed by atoms with Gasteiger partial charge in [0.2, 0.25) is 11.8 Å². The molecule has 1 heterocycles. The Balaban J connectivity index is 1.52. The van der Waals surface area contributed by atoms with Gasteiger partial charge >= 0.3 is 0 Å². The number of sulfonamides is 1. The first-order chi connectivity index (χ1) is 16.6. The number of halogens is 2. The van der Waals surface area contributed by atoms with E-state index in [-0.39, 0.29) is 32.2 Å². The Morgan fingerprint density at radius 3 is 2.43 bits per heavy atom. The van der Waals surface area contributed by atoms with Crippen LogP contribution in [0.4, 0.5) is 17.1 Å². The van der Waals surface area contributed by atoms with Crippen LogP contribution in [0.2, 0.25) is 10.0 Å². The normalized spacial score (nSPS) is 13.8. The number of amides is 2. The third-order valence-electron chi connectivity index (χ3n) is 5.79. The van der Waals surface area contributed by atoms with Gasteiger partial charge in [-0.05, 0) is 67.8 Å². The van der Waals surface area contributed by atoms with E-state index in [1.807, 2.05) is 31.2 Å². The van der Waals surface area contributed by atoms with Gasteiger partial charge in [0.25, 0.3) is 10.0 Å². The summed E-state index contributed by atoms with van der Waals surface area (Å²) in [6.07, 6.45) is 0.722. The minimum absolute atomic E-state index is 0.0800. The van der Waals surface area contributed by atoms with E-state index in [1.165, 1.54) is 25.1 Å². The number of hydrogen-bond donors (Lipinski definition) is 2. The van der Waals surface area contributed by atoms with Crippen LogP contribution >= 0.6 is 23.2 Å². The van der Waals surface area contributed by atoms with Crippen molar-refractivity contribution in [3.8, 4) is 0 Å². The van der Waals surface area contributed by atoms with Crippen molar-refractivity contribution in [1.82, 2.24) is 0 Å². The highest BCUT2D eigenvalue weighted by molar-refractivity contribution is 7.92. The lowest BCUT2D eigenvalue weighted by atomic mass is 10.1. The first-order valence-electron chi connectivity index (χ1n) is 10.9. The number of hydrogen-bond acceptors (Lipinski definition) is 4. The number of nitrogens with zero attached hydrogens (tertiary/aromatic N) is 1. The lowest BCUT2D eigenvalue weighted by molar-refractivity contribution is -0.130. The largest absolute Gasteiger partial charge is 0.324 e. The number of benzene rings is 3. The summed E-state index contributed by atoms with van der Waals surface area (Å²) in [6, 6.07) is 16.5. The standard InChI is InChI=1S/C25H23Cl2N3O4S/c1-15-7-9-20(27)22(13-15)29-35(33,34)18-8-10-19(26)21(14-18)28-24(31)16(2)25(32)30-12-11-17-5-3-4-6-23(17)30/h3-10,13-14,16,29H,11-12H2,1-2H3,(H,28,31). The monoisotopic (exact) mass is 531 g/mol. The molecule has 1 aliphatic heterocycles. The average molecular weight is 532 g/mol. The fourth-order valence-corrected chi connectivity index (χ4v) is 5.32. The van der Waals surface area contributed by atoms with Crippen LogP contribution in [-0.4, -0.2) is 26.8 Å². The SMILES string of the molecule is Cc1ccc(Cl)c(NS(=O)(=O)c2ccc(Cl)c(NC(=O)C(C)C(=O)N3CCc4ccccc43)c2)c1. The molecule has 1 unspecified atom stereocenters. The molecule has 0 saturated carbocycles. The second-order valence-electron chi connectivity index (χ2n) is 8.31. The third-order valence-corrected chi connectivity index (χ3v) is 7.81. The predicted molar refractivity (Wildman–Crippen MR) is 139 cm³/mol. The Morgan fingerprint density at radius 2 is 1.66 bits per heavy atom. The van der Waals surface area contributed by atoms with E-state index in [0.29, 0.717) is 6.54 Å². The van der Waals surface area contributed by atoms with E-state index in [9.17, 15) is 18.0 Å². The molecule has 2 amide bonds. The lowest BCUT2D eigenvalue weighted by Crippen LogP contribution is -2.39. The molecule has 0 spiro atoms. The second kappa shape index (κ2) is 9.89. The summed E-state index contributed by atoms with van der Waals surface area (Å²) in [5.74, 6) is -1.95. The van der Waals surface area contributed by atoms with Gasteiger partial charge < -0.3 is 10.2 Å². The molecule has 10 heteroatoms.